The first kappa shape index (κ1) is 23.9. The fourth-order valence-electron chi connectivity index (χ4n) is 2.78. The fraction of sp³-hybridized carbons (Fsp3) is 0.160. The van der Waals surface area contributed by atoms with Crippen LogP contribution in [0.1, 0.15) is 11.1 Å². The van der Waals surface area contributed by atoms with Gasteiger partial charge in [0.1, 0.15) is 11.5 Å². The van der Waals surface area contributed by atoms with Crippen molar-refractivity contribution in [2.75, 3.05) is 24.8 Å². The number of hydrogen-bond donors (Lipinski definition) is 2. The van der Waals surface area contributed by atoms with Crippen LogP contribution in [0.3, 0.4) is 0 Å². The fourth-order valence-corrected chi connectivity index (χ4v) is 3.56. The summed E-state index contributed by atoms with van der Waals surface area (Å²) >= 11 is 1.53. The molecule has 3 aromatic rings. The van der Waals surface area contributed by atoms with Crippen LogP contribution in [-0.4, -0.2) is 37.5 Å². The Morgan fingerprint density at radius 2 is 1.67 bits per heavy atom. The number of para-hydroxylation sites is 2. The number of hydrazone groups is 1. The van der Waals surface area contributed by atoms with Gasteiger partial charge in [-0.1, -0.05) is 42.5 Å². The quantitative estimate of drug-likeness (QED) is 0.330. The molecule has 0 fully saturated rings. The topological polar surface area (TPSA) is 89.0 Å². The molecule has 7 nitrogen and oxygen atoms in total. The summed E-state index contributed by atoms with van der Waals surface area (Å²) in [6, 6.07) is 24.2. The first-order valence-corrected chi connectivity index (χ1v) is 11.4. The van der Waals surface area contributed by atoms with Crippen LogP contribution < -0.4 is 20.2 Å². The molecule has 0 heterocycles. The number of nitrogens with zero attached hydrogens (tertiary/aromatic N) is 1. The highest BCUT2D eigenvalue weighted by Gasteiger charge is 2.07. The molecule has 33 heavy (non-hydrogen) atoms. The van der Waals surface area contributed by atoms with Crippen LogP contribution in [0.5, 0.6) is 11.5 Å². The van der Waals surface area contributed by atoms with Crippen molar-refractivity contribution in [3.63, 3.8) is 0 Å². The van der Waals surface area contributed by atoms with Crippen LogP contribution >= 0.6 is 11.8 Å². The predicted molar refractivity (Wildman–Crippen MR) is 132 cm³/mol. The summed E-state index contributed by atoms with van der Waals surface area (Å²) in [6.45, 7) is -0.137. The molecule has 0 aromatic heterocycles. The SMILES string of the molecule is COc1ccccc1NC(=O)COc1ccc(/C=N\NC(=O)CSCc2ccccc2)cc1. The van der Waals surface area contributed by atoms with Crippen LogP contribution in [0.4, 0.5) is 5.69 Å². The number of nitrogens with one attached hydrogen (secondary N) is 2. The van der Waals surface area contributed by atoms with E-state index >= 15 is 0 Å². The highest BCUT2D eigenvalue weighted by Crippen LogP contribution is 2.23. The number of thioether (sulfide) groups is 1. The normalized spacial score (nSPS) is 10.6. The number of ether oxygens (including phenoxy) is 2. The van der Waals surface area contributed by atoms with Crippen molar-refractivity contribution in [3.05, 3.63) is 90.0 Å². The van der Waals surface area contributed by atoms with Gasteiger partial charge in [-0.25, -0.2) is 5.43 Å². The van der Waals surface area contributed by atoms with Gasteiger partial charge in [-0.05, 0) is 47.5 Å². The minimum Gasteiger partial charge on any atom is -0.495 e. The molecular weight excluding hydrogens is 438 g/mol. The summed E-state index contributed by atoms with van der Waals surface area (Å²) in [5, 5.41) is 6.73. The average Bonchev–Trinajstić information content (AvgIpc) is 2.84. The molecule has 0 aliphatic carbocycles. The molecule has 0 saturated heterocycles. The zero-order chi connectivity index (χ0) is 23.3. The van der Waals surface area contributed by atoms with Gasteiger partial charge in [0.05, 0.1) is 24.8 Å². The van der Waals surface area contributed by atoms with E-state index in [1.807, 2.05) is 42.5 Å². The molecule has 170 valence electrons. The molecule has 2 N–H and O–H groups in total. The summed E-state index contributed by atoms with van der Waals surface area (Å²) in [7, 11) is 1.54. The molecule has 0 saturated carbocycles. The Kier molecular flexibility index (Phi) is 9.35. The lowest BCUT2D eigenvalue weighted by atomic mass is 10.2. The summed E-state index contributed by atoms with van der Waals surface area (Å²) < 4.78 is 10.7. The van der Waals surface area contributed by atoms with Gasteiger partial charge in [-0.15, -0.1) is 11.8 Å². The molecule has 0 unspecified atom stereocenters. The van der Waals surface area contributed by atoms with Gasteiger partial charge in [0.15, 0.2) is 6.61 Å². The van der Waals surface area contributed by atoms with Gasteiger partial charge >= 0.3 is 0 Å². The zero-order valence-electron chi connectivity index (χ0n) is 18.2. The third-order valence-corrected chi connectivity index (χ3v) is 5.38. The summed E-state index contributed by atoms with van der Waals surface area (Å²) in [5.74, 6) is 1.78. The zero-order valence-corrected chi connectivity index (χ0v) is 19.0. The van der Waals surface area contributed by atoms with Crippen molar-refractivity contribution in [2.24, 2.45) is 5.10 Å². The van der Waals surface area contributed by atoms with E-state index in [0.29, 0.717) is 22.9 Å². The number of hydrogen-bond acceptors (Lipinski definition) is 6. The Hall–Kier alpha value is -3.78. The van der Waals surface area contributed by atoms with Crippen molar-refractivity contribution in [3.8, 4) is 11.5 Å². The number of rotatable bonds is 11. The molecule has 0 bridgehead atoms. The highest BCUT2D eigenvalue weighted by molar-refractivity contribution is 7.99. The Morgan fingerprint density at radius 3 is 2.42 bits per heavy atom. The van der Waals surface area contributed by atoms with Gasteiger partial charge in [0.25, 0.3) is 5.91 Å². The minimum atomic E-state index is -0.294. The molecule has 8 heteroatoms. The van der Waals surface area contributed by atoms with Gasteiger partial charge < -0.3 is 14.8 Å². The smallest absolute Gasteiger partial charge is 0.262 e. The monoisotopic (exact) mass is 463 g/mol. The summed E-state index contributed by atoms with van der Waals surface area (Å²) in [5.41, 5.74) is 5.07. The van der Waals surface area contributed by atoms with E-state index in [4.69, 9.17) is 9.47 Å². The second-order valence-electron chi connectivity index (χ2n) is 6.88. The first-order chi connectivity index (χ1) is 16.1. The van der Waals surface area contributed by atoms with Crippen LogP contribution in [0.15, 0.2) is 84.0 Å². The number of methoxy groups -OCH3 is 1. The molecule has 0 aliphatic rings. The van der Waals surface area contributed by atoms with Crippen molar-refractivity contribution in [1.82, 2.24) is 5.43 Å². The number of carbonyl (C=O) groups excluding carboxylic acids is 2. The van der Waals surface area contributed by atoms with Gasteiger partial charge in [0, 0.05) is 5.75 Å². The van der Waals surface area contributed by atoms with E-state index in [1.54, 1.807) is 49.7 Å². The third kappa shape index (κ3) is 8.34. The standard InChI is InChI=1S/C25H25N3O4S/c1-31-23-10-6-5-9-22(23)27-24(29)16-32-21-13-11-19(12-14-21)15-26-28-25(30)18-33-17-20-7-3-2-4-8-20/h2-15H,16-18H2,1H3,(H,27,29)(H,28,30)/b26-15-. The largest absolute Gasteiger partial charge is 0.495 e. The van der Waals surface area contributed by atoms with Crippen molar-refractivity contribution in [2.45, 2.75) is 5.75 Å². The van der Waals surface area contributed by atoms with Crippen LogP contribution in [0.2, 0.25) is 0 Å². The van der Waals surface area contributed by atoms with Crippen LogP contribution in [0.25, 0.3) is 0 Å². The van der Waals surface area contributed by atoms with Crippen molar-refractivity contribution in [1.29, 1.82) is 0 Å². The molecule has 0 aliphatic heterocycles. The lowest BCUT2D eigenvalue weighted by Crippen LogP contribution is -2.20. The Labute approximate surface area is 197 Å². The predicted octanol–water partition coefficient (Wildman–Crippen LogP) is 4.10. The lowest BCUT2D eigenvalue weighted by molar-refractivity contribution is -0.119. The highest BCUT2D eigenvalue weighted by atomic mass is 32.2. The lowest BCUT2D eigenvalue weighted by Gasteiger charge is -2.10. The maximum atomic E-state index is 12.1. The van der Waals surface area contributed by atoms with E-state index < -0.39 is 0 Å². The average molecular weight is 464 g/mol. The maximum absolute atomic E-state index is 12.1. The second-order valence-corrected chi connectivity index (χ2v) is 7.86. The number of amides is 2. The maximum Gasteiger partial charge on any atom is 0.262 e. The van der Waals surface area contributed by atoms with E-state index in [0.717, 1.165) is 11.3 Å². The Balaban J connectivity index is 1.37. The van der Waals surface area contributed by atoms with E-state index in [1.165, 1.54) is 17.3 Å². The molecule has 3 aromatic carbocycles. The van der Waals surface area contributed by atoms with Crippen LogP contribution in [-0.2, 0) is 15.3 Å². The van der Waals surface area contributed by atoms with Crippen molar-refractivity contribution >= 4 is 35.5 Å². The molecule has 0 spiro atoms. The molecule has 2 amide bonds. The molecule has 3 rings (SSSR count). The second kappa shape index (κ2) is 12.9. The van der Waals surface area contributed by atoms with E-state index in [-0.39, 0.29) is 18.4 Å². The Bertz CT molecular complexity index is 1070. The third-order valence-electron chi connectivity index (χ3n) is 4.38. The molecule has 0 atom stereocenters. The number of anilines is 1. The van der Waals surface area contributed by atoms with Gasteiger partial charge in [-0.3, -0.25) is 9.59 Å². The summed E-state index contributed by atoms with van der Waals surface area (Å²) in [4.78, 5) is 24.0. The van der Waals surface area contributed by atoms with Gasteiger partial charge in [-0.2, -0.15) is 5.10 Å². The minimum absolute atomic E-state index is 0.137. The van der Waals surface area contributed by atoms with Crippen LogP contribution in [0, 0.1) is 0 Å². The van der Waals surface area contributed by atoms with Crippen molar-refractivity contribution < 1.29 is 19.1 Å². The van der Waals surface area contributed by atoms with Gasteiger partial charge in [0.2, 0.25) is 5.91 Å². The molecular formula is C25H25N3O4S. The first-order valence-electron chi connectivity index (χ1n) is 10.2. The number of carbonyl (C=O) groups is 2. The molecule has 0 radical (unpaired) electrons. The summed E-state index contributed by atoms with van der Waals surface area (Å²) in [6.07, 6.45) is 1.55. The van der Waals surface area contributed by atoms with E-state index in [9.17, 15) is 9.59 Å². The van der Waals surface area contributed by atoms with E-state index in [2.05, 4.69) is 15.8 Å². The number of benzene rings is 3. The Morgan fingerprint density at radius 1 is 0.939 bits per heavy atom.